The lowest BCUT2D eigenvalue weighted by Gasteiger charge is -2.09. The molecule has 2 aromatic rings. The Morgan fingerprint density at radius 2 is 2.16 bits per heavy atom. The molecule has 0 atom stereocenters. The number of aromatic nitrogens is 2. The average Bonchev–Trinajstić information content (AvgIpc) is 2.81. The molecule has 0 aliphatic heterocycles. The molecule has 0 aliphatic carbocycles. The van der Waals surface area contributed by atoms with Crippen molar-refractivity contribution in [1.29, 1.82) is 0 Å². The monoisotopic (exact) mass is 285 g/mol. The number of hydrogen-bond acceptors (Lipinski definition) is 4. The standard InChI is InChI=1S/C10H8FN3O4S/c11-6-2-1-3-7(9(6)10(15)16)14-19(17,18)8-4-12-5-13-8/h1-5,14H,(H,12,13)(H,15,16). The summed E-state index contributed by atoms with van der Waals surface area (Å²) in [6.07, 6.45) is 2.19. The van der Waals surface area contributed by atoms with Crippen molar-refractivity contribution in [3.63, 3.8) is 0 Å². The topological polar surface area (TPSA) is 112 Å². The molecule has 0 radical (unpaired) electrons. The fraction of sp³-hybridized carbons (Fsp3) is 0. The van der Waals surface area contributed by atoms with E-state index in [9.17, 15) is 17.6 Å². The fourth-order valence-electron chi connectivity index (χ4n) is 1.42. The van der Waals surface area contributed by atoms with Gasteiger partial charge in [0, 0.05) is 0 Å². The van der Waals surface area contributed by atoms with Gasteiger partial charge < -0.3 is 10.1 Å². The number of imidazole rings is 1. The van der Waals surface area contributed by atoms with Crippen LogP contribution in [-0.4, -0.2) is 29.5 Å². The molecule has 0 saturated heterocycles. The second kappa shape index (κ2) is 4.69. The van der Waals surface area contributed by atoms with Crippen molar-refractivity contribution < 1.29 is 22.7 Å². The van der Waals surface area contributed by atoms with Crippen molar-refractivity contribution in [3.8, 4) is 0 Å². The zero-order chi connectivity index (χ0) is 14.0. The summed E-state index contributed by atoms with van der Waals surface area (Å²) in [4.78, 5) is 16.8. The molecule has 1 heterocycles. The van der Waals surface area contributed by atoms with Gasteiger partial charge in [0.05, 0.1) is 18.2 Å². The molecule has 3 N–H and O–H groups in total. The number of anilines is 1. The van der Waals surface area contributed by atoms with Crippen LogP contribution in [0.15, 0.2) is 35.7 Å². The van der Waals surface area contributed by atoms with Gasteiger partial charge in [-0.05, 0) is 12.1 Å². The minimum Gasteiger partial charge on any atom is -0.478 e. The first-order chi connectivity index (χ1) is 8.92. The van der Waals surface area contributed by atoms with E-state index in [0.29, 0.717) is 0 Å². The molecule has 1 aromatic carbocycles. The number of aromatic carboxylic acids is 1. The van der Waals surface area contributed by atoms with Crippen LogP contribution in [0.25, 0.3) is 0 Å². The number of nitrogens with one attached hydrogen (secondary N) is 2. The van der Waals surface area contributed by atoms with Crippen molar-refractivity contribution in [2.24, 2.45) is 0 Å². The molecule has 2 rings (SSSR count). The lowest BCUT2D eigenvalue weighted by Crippen LogP contribution is -2.16. The SMILES string of the molecule is O=C(O)c1c(F)cccc1NS(=O)(=O)c1cnc[nH]1. The summed E-state index contributed by atoms with van der Waals surface area (Å²) in [7, 11) is -4.04. The van der Waals surface area contributed by atoms with Crippen molar-refractivity contribution in [2.45, 2.75) is 5.03 Å². The number of aromatic amines is 1. The molecule has 7 nitrogen and oxygen atoms in total. The van der Waals surface area contributed by atoms with E-state index in [1.54, 1.807) is 0 Å². The van der Waals surface area contributed by atoms with Gasteiger partial charge in [-0.25, -0.2) is 14.2 Å². The molecule has 0 amide bonds. The maximum absolute atomic E-state index is 13.4. The first kappa shape index (κ1) is 13.0. The molecule has 100 valence electrons. The van der Waals surface area contributed by atoms with E-state index < -0.39 is 27.4 Å². The van der Waals surface area contributed by atoms with Crippen LogP contribution in [0.4, 0.5) is 10.1 Å². The summed E-state index contributed by atoms with van der Waals surface area (Å²) in [6, 6.07) is 3.28. The van der Waals surface area contributed by atoms with Crippen LogP contribution in [0.2, 0.25) is 0 Å². The Hall–Kier alpha value is -2.42. The molecule has 0 spiro atoms. The third-order valence-corrected chi connectivity index (χ3v) is 3.53. The third kappa shape index (κ3) is 2.55. The maximum atomic E-state index is 13.4. The van der Waals surface area contributed by atoms with Crippen molar-refractivity contribution in [3.05, 3.63) is 42.1 Å². The molecule has 19 heavy (non-hydrogen) atoms. The van der Waals surface area contributed by atoms with Crippen LogP contribution < -0.4 is 4.72 Å². The van der Waals surface area contributed by atoms with Crippen molar-refractivity contribution in [2.75, 3.05) is 4.72 Å². The highest BCUT2D eigenvalue weighted by Gasteiger charge is 2.21. The highest BCUT2D eigenvalue weighted by molar-refractivity contribution is 7.92. The molecule has 0 bridgehead atoms. The first-order valence-corrected chi connectivity index (χ1v) is 6.43. The van der Waals surface area contributed by atoms with Gasteiger partial charge >= 0.3 is 5.97 Å². The van der Waals surface area contributed by atoms with E-state index in [1.807, 2.05) is 4.72 Å². The largest absolute Gasteiger partial charge is 0.478 e. The Balaban J connectivity index is 2.45. The van der Waals surface area contributed by atoms with Gasteiger partial charge in [-0.1, -0.05) is 6.07 Å². The van der Waals surface area contributed by atoms with Gasteiger partial charge in [-0.3, -0.25) is 4.72 Å². The molecule has 0 saturated carbocycles. The Morgan fingerprint density at radius 3 is 2.74 bits per heavy atom. The number of carbonyl (C=O) groups is 1. The number of carboxylic acids is 1. The lowest BCUT2D eigenvalue weighted by molar-refractivity contribution is 0.0693. The smallest absolute Gasteiger partial charge is 0.340 e. The number of hydrogen-bond donors (Lipinski definition) is 3. The Labute approximate surface area is 107 Å². The lowest BCUT2D eigenvalue weighted by atomic mass is 10.2. The number of benzene rings is 1. The number of carboxylic acid groups (broad SMARTS) is 1. The van der Waals surface area contributed by atoms with Gasteiger partial charge in [0.2, 0.25) is 0 Å². The summed E-state index contributed by atoms with van der Waals surface area (Å²) >= 11 is 0. The van der Waals surface area contributed by atoms with E-state index >= 15 is 0 Å². The van der Waals surface area contributed by atoms with E-state index in [-0.39, 0.29) is 10.7 Å². The molecule has 9 heteroatoms. The molecular weight excluding hydrogens is 277 g/mol. The molecular formula is C10H8FN3O4S. The van der Waals surface area contributed by atoms with Crippen LogP contribution in [0, 0.1) is 5.82 Å². The van der Waals surface area contributed by atoms with E-state index in [0.717, 1.165) is 24.7 Å². The Kier molecular flexibility index (Phi) is 3.21. The zero-order valence-electron chi connectivity index (χ0n) is 9.29. The number of nitrogens with zero attached hydrogens (tertiary/aromatic N) is 1. The fourth-order valence-corrected chi connectivity index (χ4v) is 2.39. The molecule has 1 aromatic heterocycles. The van der Waals surface area contributed by atoms with E-state index in [1.165, 1.54) is 6.07 Å². The predicted octanol–water partition coefficient (Wildman–Crippen LogP) is 1.05. The number of sulfonamides is 1. The van der Waals surface area contributed by atoms with Gasteiger partial charge in [0.25, 0.3) is 10.0 Å². The summed E-state index contributed by atoms with van der Waals surface area (Å²) < 4.78 is 39.1. The second-order valence-electron chi connectivity index (χ2n) is 3.49. The van der Waals surface area contributed by atoms with Gasteiger partial charge in [0.15, 0.2) is 5.03 Å². The van der Waals surface area contributed by atoms with Crippen LogP contribution in [-0.2, 0) is 10.0 Å². The normalized spacial score (nSPS) is 11.2. The summed E-state index contributed by atoms with van der Waals surface area (Å²) in [5.41, 5.74) is -1.10. The molecule has 0 aliphatic rings. The van der Waals surface area contributed by atoms with Gasteiger partial charge in [-0.2, -0.15) is 8.42 Å². The first-order valence-electron chi connectivity index (χ1n) is 4.95. The van der Waals surface area contributed by atoms with Gasteiger partial charge in [-0.15, -0.1) is 0 Å². The highest BCUT2D eigenvalue weighted by atomic mass is 32.2. The van der Waals surface area contributed by atoms with Crippen molar-refractivity contribution in [1.82, 2.24) is 9.97 Å². The van der Waals surface area contributed by atoms with E-state index in [4.69, 9.17) is 5.11 Å². The minimum atomic E-state index is -4.04. The van der Waals surface area contributed by atoms with Crippen LogP contribution in [0.3, 0.4) is 0 Å². The molecule has 0 fully saturated rings. The summed E-state index contributed by atoms with van der Waals surface area (Å²) in [5.74, 6) is -2.60. The number of rotatable bonds is 4. The van der Waals surface area contributed by atoms with Crippen molar-refractivity contribution >= 4 is 21.7 Å². The second-order valence-corrected chi connectivity index (χ2v) is 5.14. The minimum absolute atomic E-state index is 0.256. The quantitative estimate of drug-likeness (QED) is 0.777. The van der Waals surface area contributed by atoms with Crippen LogP contribution in [0.1, 0.15) is 10.4 Å². The van der Waals surface area contributed by atoms with E-state index in [2.05, 4.69) is 9.97 Å². The van der Waals surface area contributed by atoms with Crippen LogP contribution >= 0.6 is 0 Å². The summed E-state index contributed by atoms with van der Waals surface area (Å²) in [6.45, 7) is 0. The zero-order valence-corrected chi connectivity index (χ0v) is 10.1. The molecule has 0 unspecified atom stereocenters. The van der Waals surface area contributed by atoms with Crippen LogP contribution in [0.5, 0.6) is 0 Å². The summed E-state index contributed by atoms with van der Waals surface area (Å²) in [5, 5.41) is 8.62. The Morgan fingerprint density at radius 1 is 1.42 bits per heavy atom. The number of halogens is 1. The average molecular weight is 285 g/mol. The predicted molar refractivity (Wildman–Crippen MR) is 62.8 cm³/mol. The number of H-pyrrole nitrogens is 1. The maximum Gasteiger partial charge on any atom is 0.340 e. The Bertz CT molecular complexity index is 712. The highest BCUT2D eigenvalue weighted by Crippen LogP contribution is 2.21. The van der Waals surface area contributed by atoms with Gasteiger partial charge in [0.1, 0.15) is 11.4 Å². The third-order valence-electron chi connectivity index (χ3n) is 2.23.